The standard InChI is InChI=1S/C22H33N7O/c1-26-11-13-29(14-12-26)20-4-3-18(15-24-20)16-25-22(30)19-5-8-28(9-6-19)17-21-23-7-10-27(21)2/h3-4,7,10,15,19H,5-6,8-9,11-14,16-17H2,1-2H3,(H,25,30). The van der Waals surface area contributed by atoms with Crippen molar-refractivity contribution < 1.29 is 4.79 Å². The minimum absolute atomic E-state index is 0.0974. The minimum atomic E-state index is 0.0974. The molecule has 30 heavy (non-hydrogen) atoms. The highest BCUT2D eigenvalue weighted by atomic mass is 16.1. The van der Waals surface area contributed by atoms with E-state index in [2.05, 4.69) is 53.7 Å². The molecule has 1 N–H and O–H groups in total. The zero-order chi connectivity index (χ0) is 20.9. The number of anilines is 1. The van der Waals surface area contributed by atoms with Crippen molar-refractivity contribution >= 4 is 11.7 Å². The summed E-state index contributed by atoms with van der Waals surface area (Å²) in [7, 11) is 4.18. The van der Waals surface area contributed by atoms with E-state index in [1.807, 2.05) is 25.6 Å². The minimum Gasteiger partial charge on any atom is -0.354 e. The van der Waals surface area contributed by atoms with Gasteiger partial charge >= 0.3 is 0 Å². The second kappa shape index (κ2) is 9.57. The normalized spacial score (nSPS) is 19.2. The molecule has 0 aromatic carbocycles. The Balaban J connectivity index is 1.20. The third kappa shape index (κ3) is 5.17. The molecule has 0 atom stereocenters. The number of likely N-dealkylation sites (tertiary alicyclic amines) is 1. The van der Waals surface area contributed by atoms with Crippen molar-refractivity contribution in [2.75, 3.05) is 51.2 Å². The summed E-state index contributed by atoms with van der Waals surface area (Å²) in [6.45, 7) is 7.43. The number of amides is 1. The van der Waals surface area contributed by atoms with Crippen molar-refractivity contribution in [1.82, 2.24) is 29.7 Å². The molecule has 2 aliphatic rings. The number of likely N-dealkylation sites (N-methyl/N-ethyl adjacent to an activating group) is 1. The van der Waals surface area contributed by atoms with Crippen LogP contribution in [0.25, 0.3) is 0 Å². The van der Waals surface area contributed by atoms with Crippen LogP contribution in [0.3, 0.4) is 0 Å². The van der Waals surface area contributed by atoms with E-state index in [9.17, 15) is 4.79 Å². The average molecular weight is 412 g/mol. The Bertz CT molecular complexity index is 818. The predicted octanol–water partition coefficient (Wildman–Crippen LogP) is 1.10. The van der Waals surface area contributed by atoms with Crippen molar-refractivity contribution in [3.8, 4) is 0 Å². The van der Waals surface area contributed by atoms with Gasteiger partial charge in [-0.3, -0.25) is 9.69 Å². The molecule has 4 heterocycles. The van der Waals surface area contributed by atoms with Gasteiger partial charge in [0.15, 0.2) is 0 Å². The van der Waals surface area contributed by atoms with Gasteiger partial charge in [0.05, 0.1) is 6.54 Å². The SMILES string of the molecule is CN1CCN(c2ccc(CNC(=O)C3CCN(Cc4nccn4C)CC3)cn2)CC1. The molecule has 8 nitrogen and oxygen atoms in total. The first-order chi connectivity index (χ1) is 14.6. The number of rotatable bonds is 6. The molecular weight excluding hydrogens is 378 g/mol. The molecule has 2 saturated heterocycles. The van der Waals surface area contributed by atoms with Crippen LogP contribution in [0, 0.1) is 5.92 Å². The van der Waals surface area contributed by atoms with Crippen LogP contribution in [0.15, 0.2) is 30.7 Å². The number of nitrogens with one attached hydrogen (secondary N) is 1. The Kier molecular flexibility index (Phi) is 6.64. The molecule has 2 aromatic rings. The summed E-state index contributed by atoms with van der Waals surface area (Å²) in [6, 6.07) is 4.15. The van der Waals surface area contributed by atoms with Gasteiger partial charge in [-0.05, 0) is 44.6 Å². The van der Waals surface area contributed by atoms with Gasteiger partial charge in [0.25, 0.3) is 0 Å². The van der Waals surface area contributed by atoms with Crippen LogP contribution in [-0.4, -0.2) is 76.6 Å². The smallest absolute Gasteiger partial charge is 0.223 e. The molecule has 4 rings (SSSR count). The highest BCUT2D eigenvalue weighted by Crippen LogP contribution is 2.19. The highest BCUT2D eigenvalue weighted by molar-refractivity contribution is 5.78. The molecule has 162 valence electrons. The number of aryl methyl sites for hydroxylation is 1. The first kappa shape index (κ1) is 20.8. The molecular formula is C22H33N7O. The Labute approximate surface area is 178 Å². The van der Waals surface area contributed by atoms with E-state index >= 15 is 0 Å². The molecule has 0 saturated carbocycles. The third-order valence-electron chi connectivity index (χ3n) is 6.35. The number of piperazine rings is 1. The van der Waals surface area contributed by atoms with E-state index < -0.39 is 0 Å². The summed E-state index contributed by atoms with van der Waals surface area (Å²) in [6.07, 6.45) is 7.50. The predicted molar refractivity (Wildman–Crippen MR) is 117 cm³/mol. The Hall–Kier alpha value is -2.45. The first-order valence-corrected chi connectivity index (χ1v) is 10.9. The number of carbonyl (C=O) groups is 1. The maximum Gasteiger partial charge on any atom is 0.223 e. The largest absolute Gasteiger partial charge is 0.354 e. The van der Waals surface area contributed by atoms with Gasteiger partial charge in [-0.1, -0.05) is 6.07 Å². The molecule has 0 bridgehead atoms. The maximum absolute atomic E-state index is 12.6. The molecule has 0 aliphatic carbocycles. The summed E-state index contributed by atoms with van der Waals surface area (Å²) in [4.78, 5) is 28.7. The van der Waals surface area contributed by atoms with Crippen LogP contribution in [0.2, 0.25) is 0 Å². The number of piperidine rings is 1. The summed E-state index contributed by atoms with van der Waals surface area (Å²) >= 11 is 0. The lowest BCUT2D eigenvalue weighted by molar-refractivity contribution is -0.126. The Morgan fingerprint density at radius 1 is 1.07 bits per heavy atom. The number of imidazole rings is 1. The van der Waals surface area contributed by atoms with Crippen LogP contribution in [0.5, 0.6) is 0 Å². The van der Waals surface area contributed by atoms with Crippen molar-refractivity contribution in [2.24, 2.45) is 13.0 Å². The monoisotopic (exact) mass is 411 g/mol. The van der Waals surface area contributed by atoms with Crippen molar-refractivity contribution in [2.45, 2.75) is 25.9 Å². The first-order valence-electron chi connectivity index (χ1n) is 10.9. The van der Waals surface area contributed by atoms with Gasteiger partial charge in [0.1, 0.15) is 11.6 Å². The quantitative estimate of drug-likeness (QED) is 0.768. The molecule has 0 radical (unpaired) electrons. The van der Waals surface area contributed by atoms with Crippen LogP contribution in [0.4, 0.5) is 5.82 Å². The zero-order valence-electron chi connectivity index (χ0n) is 18.1. The van der Waals surface area contributed by atoms with E-state index in [0.717, 1.165) is 75.9 Å². The fourth-order valence-corrected chi connectivity index (χ4v) is 4.18. The van der Waals surface area contributed by atoms with Crippen LogP contribution < -0.4 is 10.2 Å². The number of hydrogen-bond acceptors (Lipinski definition) is 6. The van der Waals surface area contributed by atoms with Gasteiger partial charge in [-0.15, -0.1) is 0 Å². The van der Waals surface area contributed by atoms with Crippen molar-refractivity contribution in [3.05, 3.63) is 42.1 Å². The summed E-state index contributed by atoms with van der Waals surface area (Å²) < 4.78 is 2.06. The van der Waals surface area contributed by atoms with Gasteiger partial charge in [0, 0.05) is 64.3 Å². The van der Waals surface area contributed by atoms with Gasteiger partial charge in [-0.25, -0.2) is 9.97 Å². The number of hydrogen-bond donors (Lipinski definition) is 1. The number of carbonyl (C=O) groups excluding carboxylic acids is 1. The van der Waals surface area contributed by atoms with E-state index in [1.54, 1.807) is 0 Å². The average Bonchev–Trinajstić information content (AvgIpc) is 3.18. The summed E-state index contributed by atoms with van der Waals surface area (Å²) in [5.74, 6) is 2.36. The molecule has 2 aromatic heterocycles. The lowest BCUT2D eigenvalue weighted by atomic mass is 9.96. The van der Waals surface area contributed by atoms with Crippen molar-refractivity contribution in [3.63, 3.8) is 0 Å². The van der Waals surface area contributed by atoms with E-state index in [-0.39, 0.29) is 11.8 Å². The van der Waals surface area contributed by atoms with Crippen LogP contribution >= 0.6 is 0 Å². The molecule has 2 fully saturated rings. The maximum atomic E-state index is 12.6. The number of aromatic nitrogens is 3. The molecule has 1 amide bonds. The lowest BCUT2D eigenvalue weighted by Crippen LogP contribution is -2.44. The van der Waals surface area contributed by atoms with Gasteiger partial charge < -0.3 is 19.7 Å². The fourth-order valence-electron chi connectivity index (χ4n) is 4.18. The molecule has 2 aliphatic heterocycles. The second-order valence-corrected chi connectivity index (χ2v) is 8.54. The van der Waals surface area contributed by atoms with Crippen LogP contribution in [-0.2, 0) is 24.9 Å². The summed E-state index contributed by atoms with van der Waals surface area (Å²) in [5.41, 5.74) is 1.05. The lowest BCUT2D eigenvalue weighted by Gasteiger charge is -2.33. The summed E-state index contributed by atoms with van der Waals surface area (Å²) in [5, 5.41) is 3.11. The number of pyridine rings is 1. The van der Waals surface area contributed by atoms with Gasteiger partial charge in [0.2, 0.25) is 5.91 Å². The van der Waals surface area contributed by atoms with Crippen LogP contribution in [0.1, 0.15) is 24.2 Å². The Morgan fingerprint density at radius 3 is 2.47 bits per heavy atom. The highest BCUT2D eigenvalue weighted by Gasteiger charge is 2.25. The van der Waals surface area contributed by atoms with E-state index in [1.165, 1.54) is 0 Å². The molecule has 8 heteroatoms. The third-order valence-corrected chi connectivity index (χ3v) is 6.35. The van der Waals surface area contributed by atoms with E-state index in [0.29, 0.717) is 6.54 Å². The molecule has 0 spiro atoms. The second-order valence-electron chi connectivity index (χ2n) is 8.54. The van der Waals surface area contributed by atoms with Gasteiger partial charge in [-0.2, -0.15) is 0 Å². The van der Waals surface area contributed by atoms with E-state index in [4.69, 9.17) is 0 Å². The fraction of sp³-hybridized carbons (Fsp3) is 0.591. The van der Waals surface area contributed by atoms with Crippen molar-refractivity contribution in [1.29, 1.82) is 0 Å². The Morgan fingerprint density at radius 2 is 1.83 bits per heavy atom. The number of nitrogens with zero attached hydrogens (tertiary/aromatic N) is 6. The zero-order valence-corrected chi connectivity index (χ0v) is 18.1. The molecule has 0 unspecified atom stereocenters. The topological polar surface area (TPSA) is 69.5 Å².